The second-order valence-corrected chi connectivity index (χ2v) is 11.6. The maximum absolute atomic E-state index is 10.7. The van der Waals surface area contributed by atoms with Gasteiger partial charge in [-0.1, -0.05) is 103 Å². The molecule has 8 rings (SSSR count). The zero-order valence-electron chi connectivity index (χ0n) is 25.7. The first-order valence-corrected chi connectivity index (χ1v) is 15.6. The molecule has 0 amide bonds. The monoisotopic (exact) mass is 606 g/mol. The van der Waals surface area contributed by atoms with Crippen LogP contribution in [-0.4, -0.2) is 24.6 Å². The lowest BCUT2D eigenvalue weighted by Gasteiger charge is -2.12. The summed E-state index contributed by atoms with van der Waals surface area (Å²) in [5, 5.41) is 10.7. The lowest BCUT2D eigenvalue weighted by Crippen LogP contribution is -1.97. The Labute approximate surface area is 273 Å². The number of hydrogen-bond acceptors (Lipinski definition) is 4. The molecule has 8 aromatic rings. The number of pyridine rings is 2. The summed E-state index contributed by atoms with van der Waals surface area (Å²) >= 11 is 0. The van der Waals surface area contributed by atoms with Crippen molar-refractivity contribution in [2.45, 2.75) is 6.92 Å². The van der Waals surface area contributed by atoms with Gasteiger partial charge in [0.1, 0.15) is 0 Å². The molecule has 5 nitrogen and oxygen atoms in total. The molecule has 1 N–H and O–H groups in total. The predicted molar refractivity (Wildman–Crippen MR) is 190 cm³/mol. The van der Waals surface area contributed by atoms with E-state index in [2.05, 4.69) is 114 Å². The van der Waals surface area contributed by atoms with Crippen molar-refractivity contribution in [3.63, 3.8) is 0 Å². The van der Waals surface area contributed by atoms with Gasteiger partial charge in [0.25, 0.3) is 0 Å². The molecule has 5 aromatic carbocycles. The molecule has 0 atom stereocenters. The highest BCUT2D eigenvalue weighted by Gasteiger charge is 2.20. The Bertz CT molecular complexity index is 2360. The van der Waals surface area contributed by atoms with E-state index in [-0.39, 0.29) is 5.88 Å². The van der Waals surface area contributed by atoms with Gasteiger partial charge in [-0.15, -0.1) is 0 Å². The average Bonchev–Trinajstić information content (AvgIpc) is 3.52. The third-order valence-electron chi connectivity index (χ3n) is 8.60. The van der Waals surface area contributed by atoms with Crippen molar-refractivity contribution in [2.24, 2.45) is 0 Å². The van der Waals surface area contributed by atoms with E-state index in [1.165, 1.54) is 11.1 Å². The summed E-state index contributed by atoms with van der Waals surface area (Å²) < 4.78 is 2.08. The van der Waals surface area contributed by atoms with Crippen LogP contribution in [0.1, 0.15) is 5.56 Å². The molecule has 0 aliphatic carbocycles. The number of imidazole rings is 1. The highest BCUT2D eigenvalue weighted by Crippen LogP contribution is 2.38. The molecule has 5 heteroatoms. The predicted octanol–water partition coefficient (Wildman–Crippen LogP) is 10.2. The van der Waals surface area contributed by atoms with Crippen molar-refractivity contribution in [3.05, 3.63) is 164 Å². The van der Waals surface area contributed by atoms with Crippen LogP contribution in [0.5, 0.6) is 5.88 Å². The van der Waals surface area contributed by atoms with Crippen LogP contribution in [0.4, 0.5) is 0 Å². The van der Waals surface area contributed by atoms with E-state index < -0.39 is 0 Å². The number of nitrogens with zero attached hydrogens (tertiary/aromatic N) is 4. The fourth-order valence-electron chi connectivity index (χ4n) is 6.23. The summed E-state index contributed by atoms with van der Waals surface area (Å²) in [6.07, 6.45) is 3.53. The highest BCUT2D eigenvalue weighted by atomic mass is 16.3. The largest absolute Gasteiger partial charge is 0.493 e. The molecule has 0 fully saturated rings. The topological polar surface area (TPSA) is 63.8 Å². The minimum Gasteiger partial charge on any atom is -0.493 e. The number of fused-ring (bicyclic) bond motifs is 1. The molecule has 0 saturated heterocycles. The van der Waals surface area contributed by atoms with Gasteiger partial charge < -0.3 is 5.11 Å². The fraction of sp³-hybridized carbons (Fsp3) is 0.0238. The van der Waals surface area contributed by atoms with Gasteiger partial charge in [-0.05, 0) is 82.8 Å². The van der Waals surface area contributed by atoms with Crippen molar-refractivity contribution in [1.82, 2.24) is 19.5 Å². The number of rotatable bonds is 6. The quantitative estimate of drug-likeness (QED) is 0.205. The van der Waals surface area contributed by atoms with E-state index in [4.69, 9.17) is 9.97 Å². The number of aromatic hydroxyl groups is 1. The third-order valence-corrected chi connectivity index (χ3v) is 8.60. The maximum atomic E-state index is 10.7. The average molecular weight is 607 g/mol. The van der Waals surface area contributed by atoms with Crippen LogP contribution < -0.4 is 0 Å². The first-order chi connectivity index (χ1) is 23.1. The minimum absolute atomic E-state index is 0.0560. The second kappa shape index (κ2) is 11.9. The van der Waals surface area contributed by atoms with E-state index in [1.54, 1.807) is 6.20 Å². The Kier molecular flexibility index (Phi) is 7.12. The van der Waals surface area contributed by atoms with Gasteiger partial charge in [0.15, 0.2) is 5.82 Å². The Morgan fingerprint density at radius 2 is 1.19 bits per heavy atom. The van der Waals surface area contributed by atoms with E-state index in [9.17, 15) is 5.11 Å². The summed E-state index contributed by atoms with van der Waals surface area (Å²) in [7, 11) is 0. The van der Waals surface area contributed by atoms with Gasteiger partial charge in [-0.2, -0.15) is 0 Å². The van der Waals surface area contributed by atoms with Gasteiger partial charge >= 0.3 is 0 Å². The minimum atomic E-state index is -0.0560. The third kappa shape index (κ3) is 5.24. The van der Waals surface area contributed by atoms with Gasteiger partial charge in [0, 0.05) is 29.2 Å². The van der Waals surface area contributed by atoms with Crippen LogP contribution >= 0.6 is 0 Å². The smallest absolute Gasteiger partial charge is 0.222 e. The van der Waals surface area contributed by atoms with Gasteiger partial charge in [-0.3, -0.25) is 9.55 Å². The van der Waals surface area contributed by atoms with Crippen molar-refractivity contribution in [1.29, 1.82) is 0 Å². The standard InChI is InChI=1S/C42H30N4O/c1-28-27-44-38(26-37(28)31-22-20-30(21-23-31)29-11-4-2-5-12-29)33-14-8-13-32(25-33)35-17-9-19-39-40(35)45-41(36-18-10-24-43-42(36)47)46(39)34-15-6-3-7-16-34/h2-27H,1H3,(H,43,47). The summed E-state index contributed by atoms with van der Waals surface area (Å²) in [5.74, 6) is 0.572. The van der Waals surface area contributed by atoms with Crippen LogP contribution in [0.25, 0.3) is 72.7 Å². The van der Waals surface area contributed by atoms with Crippen LogP contribution in [-0.2, 0) is 0 Å². The normalized spacial score (nSPS) is 11.2. The fourth-order valence-corrected chi connectivity index (χ4v) is 6.23. The lowest BCUT2D eigenvalue weighted by molar-refractivity contribution is 0.455. The van der Waals surface area contributed by atoms with Gasteiger partial charge in [0.05, 0.1) is 22.3 Å². The number of benzene rings is 5. The molecule has 0 aliphatic heterocycles. The lowest BCUT2D eigenvalue weighted by atomic mass is 9.96. The van der Waals surface area contributed by atoms with Crippen molar-refractivity contribution < 1.29 is 5.11 Å². The van der Waals surface area contributed by atoms with E-state index in [0.717, 1.165) is 55.8 Å². The Morgan fingerprint density at radius 1 is 0.532 bits per heavy atom. The molecule has 3 aromatic heterocycles. The molecule has 0 saturated carbocycles. The van der Waals surface area contributed by atoms with Gasteiger partial charge in [-0.25, -0.2) is 9.97 Å². The Balaban J connectivity index is 1.22. The van der Waals surface area contributed by atoms with Crippen LogP contribution in [0.2, 0.25) is 0 Å². The number of aryl methyl sites for hydroxylation is 1. The summed E-state index contributed by atoms with van der Waals surface area (Å²) in [6.45, 7) is 2.11. The van der Waals surface area contributed by atoms with Gasteiger partial charge in [0.2, 0.25) is 5.88 Å². The Morgan fingerprint density at radius 3 is 1.98 bits per heavy atom. The molecule has 3 heterocycles. The maximum Gasteiger partial charge on any atom is 0.222 e. The molecule has 0 unspecified atom stereocenters. The van der Waals surface area contributed by atoms with E-state index in [1.807, 2.05) is 54.7 Å². The first-order valence-electron chi connectivity index (χ1n) is 15.6. The number of para-hydroxylation sites is 2. The van der Waals surface area contributed by atoms with Crippen LogP contribution in [0, 0.1) is 6.92 Å². The SMILES string of the molecule is Cc1cnc(-c2cccc(-c3cccc4c3nc(-c3cccnc3O)n4-c3ccccc3)c2)cc1-c1ccc(-c2ccccc2)cc1. The Hall–Kier alpha value is -6.33. The first kappa shape index (κ1) is 28.2. The number of hydrogen-bond donors (Lipinski definition) is 1. The molecule has 0 bridgehead atoms. The van der Waals surface area contributed by atoms with Crippen LogP contribution in [0.15, 0.2) is 158 Å². The zero-order valence-corrected chi connectivity index (χ0v) is 25.7. The molecule has 224 valence electrons. The molecule has 47 heavy (non-hydrogen) atoms. The van der Waals surface area contributed by atoms with E-state index in [0.29, 0.717) is 11.4 Å². The van der Waals surface area contributed by atoms with Crippen molar-refractivity contribution in [2.75, 3.05) is 0 Å². The highest BCUT2D eigenvalue weighted by molar-refractivity contribution is 5.96. The molecule has 0 aliphatic rings. The zero-order chi connectivity index (χ0) is 31.7. The van der Waals surface area contributed by atoms with Crippen LogP contribution in [0.3, 0.4) is 0 Å². The molecular formula is C42H30N4O. The second-order valence-electron chi connectivity index (χ2n) is 11.6. The summed E-state index contributed by atoms with van der Waals surface area (Å²) in [5.41, 5.74) is 13.1. The summed E-state index contributed by atoms with van der Waals surface area (Å²) in [4.78, 5) is 14.1. The molecule has 0 spiro atoms. The molecule has 0 radical (unpaired) electrons. The van der Waals surface area contributed by atoms with E-state index >= 15 is 0 Å². The number of aromatic nitrogens is 4. The summed E-state index contributed by atoms with van der Waals surface area (Å²) in [6, 6.07) is 49.8. The van der Waals surface area contributed by atoms with Crippen molar-refractivity contribution >= 4 is 11.0 Å². The molecular weight excluding hydrogens is 576 g/mol. The van der Waals surface area contributed by atoms with Crippen molar-refractivity contribution in [3.8, 4) is 67.6 Å².